The highest BCUT2D eigenvalue weighted by Gasteiger charge is 2.27. The summed E-state index contributed by atoms with van der Waals surface area (Å²) in [6.45, 7) is 0. The second-order valence-electron chi connectivity index (χ2n) is 5.33. The van der Waals surface area contributed by atoms with E-state index >= 15 is 0 Å². The van der Waals surface area contributed by atoms with Gasteiger partial charge < -0.3 is 5.73 Å². The zero-order chi connectivity index (χ0) is 13.6. The van der Waals surface area contributed by atoms with Gasteiger partial charge in [0.1, 0.15) is 5.54 Å². The second-order valence-corrected chi connectivity index (χ2v) is 6.74. The molecule has 2 nitrogen and oxygen atoms in total. The fourth-order valence-corrected chi connectivity index (χ4v) is 4.06. The Kier molecular flexibility index (Phi) is 5.30. The lowest BCUT2D eigenvalue weighted by Crippen LogP contribution is -2.35. The van der Waals surface area contributed by atoms with Crippen LogP contribution in [0.2, 0.25) is 0 Å². The molecule has 0 aromatic heterocycles. The van der Waals surface area contributed by atoms with Crippen molar-refractivity contribution < 1.29 is 0 Å². The molecule has 0 radical (unpaired) electrons. The maximum Gasteiger partial charge on any atom is 0.130 e. The van der Waals surface area contributed by atoms with Crippen LogP contribution in [0.5, 0.6) is 0 Å². The number of nitrogens with zero attached hydrogens (tertiary/aromatic N) is 1. The minimum Gasteiger partial charge on any atom is -0.310 e. The molecular weight excluding hydrogens is 252 g/mol. The Labute approximate surface area is 120 Å². The van der Waals surface area contributed by atoms with Crippen molar-refractivity contribution in [2.75, 3.05) is 5.75 Å². The van der Waals surface area contributed by atoms with Gasteiger partial charge in [-0.05, 0) is 30.6 Å². The number of benzene rings is 1. The van der Waals surface area contributed by atoms with Crippen LogP contribution in [0.3, 0.4) is 0 Å². The van der Waals surface area contributed by atoms with E-state index in [1.807, 2.05) is 42.1 Å². The molecule has 1 atom stereocenters. The summed E-state index contributed by atoms with van der Waals surface area (Å²) in [5.74, 6) is 0.976. The van der Waals surface area contributed by atoms with Crippen LogP contribution in [0.15, 0.2) is 30.3 Å². The highest BCUT2D eigenvalue weighted by atomic mass is 32.2. The Balaban J connectivity index is 1.87. The Morgan fingerprint density at radius 3 is 2.53 bits per heavy atom. The normalized spacial score (nSPS) is 19.6. The van der Waals surface area contributed by atoms with Crippen molar-refractivity contribution in [3.05, 3.63) is 35.9 Å². The van der Waals surface area contributed by atoms with Gasteiger partial charge in [0, 0.05) is 5.25 Å². The van der Waals surface area contributed by atoms with Crippen LogP contribution >= 0.6 is 11.8 Å². The quantitative estimate of drug-likeness (QED) is 0.888. The maximum absolute atomic E-state index is 9.39. The summed E-state index contributed by atoms with van der Waals surface area (Å²) in [4.78, 5) is 0. The molecule has 1 aliphatic carbocycles. The second kappa shape index (κ2) is 6.98. The van der Waals surface area contributed by atoms with Gasteiger partial charge >= 0.3 is 0 Å². The molecule has 19 heavy (non-hydrogen) atoms. The number of thioether (sulfide) groups is 1. The van der Waals surface area contributed by atoms with E-state index in [2.05, 4.69) is 6.07 Å². The first-order valence-electron chi connectivity index (χ1n) is 7.12. The van der Waals surface area contributed by atoms with E-state index in [-0.39, 0.29) is 0 Å². The van der Waals surface area contributed by atoms with Crippen LogP contribution in [0, 0.1) is 11.3 Å². The molecule has 1 fully saturated rings. The molecule has 2 N–H and O–H groups in total. The van der Waals surface area contributed by atoms with Crippen molar-refractivity contribution >= 4 is 11.8 Å². The molecule has 2 rings (SSSR count). The first kappa shape index (κ1) is 14.4. The van der Waals surface area contributed by atoms with Crippen molar-refractivity contribution in [2.45, 2.75) is 49.3 Å². The molecule has 3 heteroatoms. The van der Waals surface area contributed by atoms with E-state index in [4.69, 9.17) is 5.73 Å². The Hall–Kier alpha value is -0.980. The van der Waals surface area contributed by atoms with Gasteiger partial charge in [-0.15, -0.1) is 0 Å². The van der Waals surface area contributed by atoms with Crippen molar-refractivity contribution in [1.29, 1.82) is 5.26 Å². The molecule has 1 aromatic rings. The van der Waals surface area contributed by atoms with E-state index < -0.39 is 5.54 Å². The first-order chi connectivity index (χ1) is 9.24. The van der Waals surface area contributed by atoms with Gasteiger partial charge in [-0.25, -0.2) is 0 Å². The van der Waals surface area contributed by atoms with Crippen molar-refractivity contribution in [2.24, 2.45) is 5.73 Å². The fourth-order valence-electron chi connectivity index (χ4n) is 2.62. The smallest absolute Gasteiger partial charge is 0.130 e. The summed E-state index contributed by atoms with van der Waals surface area (Å²) in [6, 6.07) is 12.1. The molecule has 102 valence electrons. The summed E-state index contributed by atoms with van der Waals surface area (Å²) in [5.41, 5.74) is 6.36. The molecule has 0 aliphatic heterocycles. The lowest BCUT2D eigenvalue weighted by atomic mass is 9.90. The minimum atomic E-state index is -0.830. The van der Waals surface area contributed by atoms with E-state index in [0.717, 1.165) is 23.0 Å². The standard InChI is InChI=1S/C16H22N2S/c17-13-16(18,14-7-3-1-4-8-14)11-12-19-15-9-5-2-6-10-15/h1,3-4,7-8,15H,2,5-6,9-12,18H2. The zero-order valence-electron chi connectivity index (χ0n) is 11.3. The number of hydrogen-bond acceptors (Lipinski definition) is 3. The Bertz CT molecular complexity index is 420. The van der Waals surface area contributed by atoms with Crippen molar-refractivity contribution in [3.8, 4) is 6.07 Å². The van der Waals surface area contributed by atoms with Crippen LogP contribution in [-0.2, 0) is 5.54 Å². The van der Waals surface area contributed by atoms with Gasteiger partial charge in [0.05, 0.1) is 6.07 Å². The molecule has 0 saturated heterocycles. The predicted octanol–water partition coefficient (Wildman–Crippen LogP) is 3.82. The highest BCUT2D eigenvalue weighted by molar-refractivity contribution is 7.99. The average Bonchev–Trinajstić information content (AvgIpc) is 2.49. The summed E-state index contributed by atoms with van der Waals surface area (Å²) in [5, 5.41) is 10.2. The molecule has 0 heterocycles. The molecule has 1 saturated carbocycles. The molecule has 1 aliphatic rings. The molecule has 1 unspecified atom stereocenters. The van der Waals surface area contributed by atoms with E-state index in [1.54, 1.807) is 0 Å². The third-order valence-corrected chi connectivity index (χ3v) is 5.27. The van der Waals surface area contributed by atoms with Crippen molar-refractivity contribution in [3.63, 3.8) is 0 Å². The lowest BCUT2D eigenvalue weighted by Gasteiger charge is -2.25. The Morgan fingerprint density at radius 2 is 1.89 bits per heavy atom. The van der Waals surface area contributed by atoms with Crippen molar-refractivity contribution in [1.82, 2.24) is 0 Å². The van der Waals surface area contributed by atoms with E-state index in [9.17, 15) is 5.26 Å². The summed E-state index contributed by atoms with van der Waals surface area (Å²) < 4.78 is 0. The van der Waals surface area contributed by atoms with Gasteiger partial charge in [-0.3, -0.25) is 0 Å². The van der Waals surface area contributed by atoms with E-state index in [0.29, 0.717) is 0 Å². The van der Waals surface area contributed by atoms with Gasteiger partial charge in [-0.2, -0.15) is 17.0 Å². The topological polar surface area (TPSA) is 49.8 Å². The van der Waals surface area contributed by atoms with Gasteiger partial charge in [0.15, 0.2) is 0 Å². The van der Waals surface area contributed by atoms with E-state index in [1.165, 1.54) is 32.1 Å². The average molecular weight is 274 g/mol. The molecule has 0 spiro atoms. The predicted molar refractivity (Wildman–Crippen MR) is 81.9 cm³/mol. The number of nitriles is 1. The third kappa shape index (κ3) is 3.99. The maximum atomic E-state index is 9.39. The largest absolute Gasteiger partial charge is 0.310 e. The number of hydrogen-bond donors (Lipinski definition) is 1. The molecular formula is C16H22N2S. The van der Waals surface area contributed by atoms with Gasteiger partial charge in [-0.1, -0.05) is 49.6 Å². The molecule has 0 amide bonds. The Morgan fingerprint density at radius 1 is 1.21 bits per heavy atom. The van der Waals surface area contributed by atoms with Gasteiger partial charge in [0.2, 0.25) is 0 Å². The highest BCUT2D eigenvalue weighted by Crippen LogP contribution is 2.31. The SMILES string of the molecule is N#CC(N)(CCSC1CCCCC1)c1ccccc1. The monoisotopic (exact) mass is 274 g/mol. The van der Waals surface area contributed by atoms with Crippen LogP contribution < -0.4 is 5.73 Å². The minimum absolute atomic E-state index is 0.731. The van der Waals surface area contributed by atoms with Crippen LogP contribution in [0.25, 0.3) is 0 Å². The van der Waals surface area contributed by atoms with Gasteiger partial charge in [0.25, 0.3) is 0 Å². The third-order valence-electron chi connectivity index (χ3n) is 3.89. The summed E-state index contributed by atoms with van der Waals surface area (Å²) in [7, 11) is 0. The lowest BCUT2D eigenvalue weighted by molar-refractivity contribution is 0.513. The fraction of sp³-hybridized carbons (Fsp3) is 0.562. The number of rotatable bonds is 5. The summed E-state index contributed by atoms with van der Waals surface area (Å²) >= 11 is 2.00. The molecule has 1 aromatic carbocycles. The summed E-state index contributed by atoms with van der Waals surface area (Å²) in [6.07, 6.45) is 7.51. The molecule has 0 bridgehead atoms. The zero-order valence-corrected chi connectivity index (χ0v) is 12.2. The number of nitrogens with two attached hydrogens (primary N) is 1. The van der Waals surface area contributed by atoms with Crippen LogP contribution in [0.4, 0.5) is 0 Å². The first-order valence-corrected chi connectivity index (χ1v) is 8.17. The van der Waals surface area contributed by atoms with Crippen LogP contribution in [-0.4, -0.2) is 11.0 Å². The van der Waals surface area contributed by atoms with Crippen LogP contribution in [0.1, 0.15) is 44.1 Å².